The van der Waals surface area contributed by atoms with Crippen molar-refractivity contribution in [1.82, 2.24) is 0 Å². The molecule has 0 aromatic heterocycles. The lowest BCUT2D eigenvalue weighted by atomic mass is 10.3. The van der Waals surface area contributed by atoms with E-state index in [4.69, 9.17) is 11.6 Å². The lowest BCUT2D eigenvalue weighted by Crippen LogP contribution is -3.10. The van der Waals surface area contributed by atoms with E-state index in [1.54, 1.807) is 24.3 Å². The smallest absolute Gasteiger partial charge is 0.279 e. The first kappa shape index (κ1) is 17.8. The number of nitrogens with one attached hydrogen (secondary N) is 2. The van der Waals surface area contributed by atoms with Crippen molar-refractivity contribution in [1.29, 1.82) is 0 Å². The Labute approximate surface area is 144 Å². The highest BCUT2D eigenvalue weighted by atomic mass is 35.5. The number of hydrogen-bond acceptors (Lipinski definition) is 2. The predicted octanol–water partition coefficient (Wildman–Crippen LogP) is 2.72. The second kappa shape index (κ2) is 8.91. The molecule has 0 aliphatic carbocycles. The average molecular weight is 354 g/mol. The van der Waals surface area contributed by atoms with E-state index in [9.17, 15) is 9.18 Å². The maximum absolute atomic E-state index is 13.5. The Morgan fingerprint density at radius 3 is 2.65 bits per heavy atom. The molecule has 1 amide bonds. The average Bonchev–Trinajstić information content (AvgIpc) is 2.51. The van der Waals surface area contributed by atoms with Crippen LogP contribution >= 0.6 is 23.4 Å². The van der Waals surface area contributed by atoms with Crippen molar-refractivity contribution >= 4 is 35.0 Å². The first-order chi connectivity index (χ1) is 11.1. The Bertz CT molecular complexity index is 669. The van der Waals surface area contributed by atoms with Gasteiger partial charge in [0.25, 0.3) is 5.91 Å². The van der Waals surface area contributed by atoms with Crippen LogP contribution < -0.4 is 10.2 Å². The predicted molar refractivity (Wildman–Crippen MR) is 93.8 cm³/mol. The highest BCUT2D eigenvalue weighted by Gasteiger charge is 2.12. The fourth-order valence-electron chi connectivity index (χ4n) is 2.02. The van der Waals surface area contributed by atoms with Crippen molar-refractivity contribution in [3.63, 3.8) is 0 Å². The molecule has 0 bridgehead atoms. The van der Waals surface area contributed by atoms with Gasteiger partial charge < -0.3 is 10.2 Å². The van der Waals surface area contributed by atoms with Crippen molar-refractivity contribution in [2.24, 2.45) is 0 Å². The number of hydrogen-bond donors (Lipinski definition) is 2. The molecule has 3 nitrogen and oxygen atoms in total. The number of halogens is 2. The van der Waals surface area contributed by atoms with E-state index in [0.29, 0.717) is 22.2 Å². The summed E-state index contributed by atoms with van der Waals surface area (Å²) in [5.74, 6) is 0.449. The molecule has 122 valence electrons. The molecular weight excluding hydrogens is 335 g/mol. The molecule has 2 aromatic rings. The summed E-state index contributed by atoms with van der Waals surface area (Å²) in [4.78, 5) is 13.7. The standard InChI is InChI=1S/C17H18ClFN2OS/c1-21(10-11-23-16-9-5-3-7-14(16)19)12-17(22)20-15-8-4-2-6-13(15)18/h2-9H,10-12H2,1H3,(H,20,22)/p+1. The number of likely N-dealkylation sites (N-methyl/N-ethyl adjacent to an activating group) is 1. The van der Waals surface area contributed by atoms with Gasteiger partial charge in [0.2, 0.25) is 0 Å². The maximum atomic E-state index is 13.5. The normalized spacial score (nSPS) is 12.0. The summed E-state index contributed by atoms with van der Waals surface area (Å²) in [6.07, 6.45) is 0. The number of quaternary nitrogens is 1. The number of carbonyl (C=O) groups excluding carboxylic acids is 1. The zero-order valence-corrected chi connectivity index (χ0v) is 14.4. The summed E-state index contributed by atoms with van der Waals surface area (Å²) in [6.45, 7) is 1.10. The number of anilines is 1. The topological polar surface area (TPSA) is 33.5 Å². The van der Waals surface area contributed by atoms with E-state index < -0.39 is 0 Å². The molecule has 0 heterocycles. The minimum atomic E-state index is -0.202. The third-order valence-corrected chi connectivity index (χ3v) is 4.61. The molecule has 0 radical (unpaired) electrons. The number of rotatable bonds is 7. The lowest BCUT2D eigenvalue weighted by Gasteiger charge is -2.14. The van der Waals surface area contributed by atoms with Crippen LogP contribution in [0.5, 0.6) is 0 Å². The zero-order chi connectivity index (χ0) is 16.7. The first-order valence-electron chi connectivity index (χ1n) is 7.29. The van der Waals surface area contributed by atoms with Crippen molar-refractivity contribution in [3.05, 3.63) is 59.4 Å². The molecule has 2 rings (SSSR count). The zero-order valence-electron chi connectivity index (χ0n) is 12.8. The van der Waals surface area contributed by atoms with Crippen LogP contribution in [0.2, 0.25) is 5.02 Å². The molecular formula is C17H19ClFN2OS+. The first-order valence-corrected chi connectivity index (χ1v) is 8.65. The third-order valence-electron chi connectivity index (χ3n) is 3.23. The van der Waals surface area contributed by atoms with Crippen molar-refractivity contribution in [3.8, 4) is 0 Å². The van der Waals surface area contributed by atoms with Gasteiger partial charge in [-0.15, -0.1) is 11.8 Å². The van der Waals surface area contributed by atoms with Gasteiger partial charge in [0.15, 0.2) is 6.54 Å². The van der Waals surface area contributed by atoms with Crippen LogP contribution in [0.15, 0.2) is 53.4 Å². The summed E-state index contributed by atoms with van der Waals surface area (Å²) >= 11 is 7.47. The monoisotopic (exact) mass is 353 g/mol. The Kier molecular flexibility index (Phi) is 6.89. The molecule has 0 saturated carbocycles. The summed E-state index contributed by atoms with van der Waals surface area (Å²) in [7, 11) is 1.94. The Morgan fingerprint density at radius 1 is 1.22 bits per heavy atom. The van der Waals surface area contributed by atoms with Crippen molar-refractivity contribution in [2.75, 3.05) is 31.2 Å². The van der Waals surface area contributed by atoms with Crippen LogP contribution in [0.4, 0.5) is 10.1 Å². The second-order valence-electron chi connectivity index (χ2n) is 5.19. The van der Waals surface area contributed by atoms with E-state index in [2.05, 4.69) is 5.32 Å². The van der Waals surface area contributed by atoms with Gasteiger partial charge in [-0.2, -0.15) is 0 Å². The third kappa shape index (κ3) is 5.86. The van der Waals surface area contributed by atoms with Crippen molar-refractivity contribution < 1.29 is 14.1 Å². The minimum Gasteiger partial charge on any atom is -0.329 e. The molecule has 2 aromatic carbocycles. The van der Waals surface area contributed by atoms with E-state index >= 15 is 0 Å². The van der Waals surface area contributed by atoms with E-state index in [1.807, 2.05) is 25.2 Å². The van der Waals surface area contributed by atoms with Gasteiger partial charge in [-0.25, -0.2) is 4.39 Å². The molecule has 1 unspecified atom stereocenters. The van der Waals surface area contributed by atoms with Gasteiger partial charge in [-0.05, 0) is 24.3 Å². The van der Waals surface area contributed by atoms with Crippen LogP contribution in [0.25, 0.3) is 0 Å². The van der Waals surface area contributed by atoms with E-state index in [-0.39, 0.29) is 11.7 Å². The summed E-state index contributed by atoms with van der Waals surface area (Å²) in [6, 6.07) is 13.9. The molecule has 0 saturated heterocycles. The van der Waals surface area contributed by atoms with Crippen molar-refractivity contribution in [2.45, 2.75) is 4.90 Å². The Morgan fingerprint density at radius 2 is 1.91 bits per heavy atom. The van der Waals surface area contributed by atoms with Crippen LogP contribution in [-0.4, -0.2) is 31.8 Å². The number of amides is 1. The van der Waals surface area contributed by atoms with Crippen LogP contribution in [0.1, 0.15) is 0 Å². The summed E-state index contributed by atoms with van der Waals surface area (Å²) in [5, 5.41) is 3.32. The lowest BCUT2D eigenvalue weighted by molar-refractivity contribution is -0.868. The fraction of sp³-hybridized carbons (Fsp3) is 0.235. The van der Waals surface area contributed by atoms with Gasteiger partial charge in [-0.1, -0.05) is 35.9 Å². The molecule has 6 heteroatoms. The number of thioether (sulfide) groups is 1. The van der Waals surface area contributed by atoms with E-state index in [1.165, 1.54) is 17.8 Å². The molecule has 0 fully saturated rings. The van der Waals surface area contributed by atoms with Crippen LogP contribution in [0, 0.1) is 5.82 Å². The minimum absolute atomic E-state index is 0.0912. The van der Waals surface area contributed by atoms with Crippen LogP contribution in [-0.2, 0) is 4.79 Å². The van der Waals surface area contributed by atoms with Gasteiger partial charge in [0, 0.05) is 10.6 Å². The summed E-state index contributed by atoms with van der Waals surface area (Å²) in [5.41, 5.74) is 0.618. The Hall–Kier alpha value is -1.56. The molecule has 0 spiro atoms. The highest BCUT2D eigenvalue weighted by Crippen LogP contribution is 2.20. The highest BCUT2D eigenvalue weighted by molar-refractivity contribution is 7.99. The molecule has 23 heavy (non-hydrogen) atoms. The van der Waals surface area contributed by atoms with Gasteiger partial charge in [0.05, 0.1) is 24.3 Å². The molecule has 2 N–H and O–H groups in total. The number of carbonyl (C=O) groups is 1. The molecule has 0 aliphatic rings. The molecule has 1 atom stereocenters. The van der Waals surface area contributed by atoms with Crippen LogP contribution in [0.3, 0.4) is 0 Å². The van der Waals surface area contributed by atoms with Gasteiger partial charge >= 0.3 is 0 Å². The Balaban J connectivity index is 1.74. The SMILES string of the molecule is C[NH+](CCSc1ccccc1F)CC(=O)Nc1ccccc1Cl. The van der Waals surface area contributed by atoms with E-state index in [0.717, 1.165) is 17.2 Å². The fourth-order valence-corrected chi connectivity index (χ4v) is 3.25. The number of benzene rings is 2. The quantitative estimate of drug-likeness (QED) is 0.750. The largest absolute Gasteiger partial charge is 0.329 e. The van der Waals surface area contributed by atoms with Gasteiger partial charge in [0.1, 0.15) is 5.82 Å². The second-order valence-corrected chi connectivity index (χ2v) is 6.73. The maximum Gasteiger partial charge on any atom is 0.279 e. The summed E-state index contributed by atoms with van der Waals surface area (Å²) < 4.78 is 13.5. The number of para-hydroxylation sites is 1. The molecule has 0 aliphatic heterocycles. The van der Waals surface area contributed by atoms with Gasteiger partial charge in [-0.3, -0.25) is 4.79 Å².